The van der Waals surface area contributed by atoms with Crippen molar-refractivity contribution in [2.75, 3.05) is 13.3 Å². The fourth-order valence-corrected chi connectivity index (χ4v) is 8.40. The summed E-state index contributed by atoms with van der Waals surface area (Å²) >= 11 is 0. The molecule has 0 radical (unpaired) electrons. The molecular formula is C35H54O5P2+2. The van der Waals surface area contributed by atoms with E-state index in [1.165, 1.54) is 16.7 Å². The Hall–Kier alpha value is -2.09. The van der Waals surface area contributed by atoms with Crippen LogP contribution in [0.25, 0.3) is 0 Å². The lowest BCUT2D eigenvalue weighted by Crippen LogP contribution is -2.37. The molecule has 0 saturated heterocycles. The number of benzene rings is 1. The number of hydrogen-bond donors (Lipinski definition) is 0. The Bertz CT molecular complexity index is 1240. The average Bonchev–Trinajstić information content (AvgIpc) is 2.89. The zero-order valence-electron chi connectivity index (χ0n) is 27.8. The van der Waals surface area contributed by atoms with E-state index in [9.17, 15) is 13.9 Å². The molecule has 0 aromatic heterocycles. The van der Waals surface area contributed by atoms with Crippen molar-refractivity contribution in [3.63, 3.8) is 0 Å². The Morgan fingerprint density at radius 2 is 1.45 bits per heavy atom. The second-order valence-corrected chi connectivity index (χ2v) is 16.5. The number of fused-ring (bicyclic) bond motifs is 1. The summed E-state index contributed by atoms with van der Waals surface area (Å²) in [6, 6.07) is 0. The molecule has 3 atom stereocenters. The molecule has 3 unspecified atom stereocenters. The van der Waals surface area contributed by atoms with E-state index in [4.69, 9.17) is 9.47 Å². The van der Waals surface area contributed by atoms with Crippen LogP contribution in [0.2, 0.25) is 0 Å². The molecule has 0 amide bonds. The molecular weight excluding hydrogens is 562 g/mol. The summed E-state index contributed by atoms with van der Waals surface area (Å²) in [6.45, 7) is 20.1. The quantitative estimate of drug-likeness (QED) is 0.0849. The van der Waals surface area contributed by atoms with Gasteiger partial charge in [0.05, 0.1) is 12.8 Å². The maximum absolute atomic E-state index is 12.7. The molecule has 232 valence electrons. The first kappa shape index (κ1) is 36.1. The van der Waals surface area contributed by atoms with Gasteiger partial charge in [-0.1, -0.05) is 44.1 Å². The van der Waals surface area contributed by atoms with Crippen molar-refractivity contribution in [3.05, 3.63) is 57.2 Å². The highest BCUT2D eigenvalue weighted by molar-refractivity contribution is 7.63. The Balaban J connectivity index is 2.00. The first-order chi connectivity index (χ1) is 19.6. The van der Waals surface area contributed by atoms with E-state index in [1.807, 2.05) is 20.8 Å². The third kappa shape index (κ3) is 10.9. The SMILES string of the molecule is CC(C)=CCC/C(C)=C/CC/C(C)=C/CCC1(C)CCc2c(C)c(OC(=O)CCC([P+](C)=O)[P+](C)=O)c(C)c(C)c2O1. The van der Waals surface area contributed by atoms with Crippen LogP contribution in [0.4, 0.5) is 0 Å². The van der Waals surface area contributed by atoms with Crippen LogP contribution in [0.15, 0.2) is 34.9 Å². The fraction of sp³-hybridized carbons (Fsp3) is 0.629. The molecule has 5 nitrogen and oxygen atoms in total. The highest BCUT2D eigenvalue weighted by Gasteiger charge is 2.40. The van der Waals surface area contributed by atoms with Crippen molar-refractivity contribution in [2.45, 2.75) is 131 Å². The van der Waals surface area contributed by atoms with Crippen molar-refractivity contribution in [3.8, 4) is 11.5 Å². The predicted octanol–water partition coefficient (Wildman–Crippen LogP) is 10.8. The summed E-state index contributed by atoms with van der Waals surface area (Å²) in [5.41, 5.74) is 8.02. The highest BCUT2D eigenvalue weighted by Crippen LogP contribution is 2.46. The standard InChI is InChI=1S/C35H54O5P2/c1-24(2)14-11-15-25(3)16-12-17-26(4)18-13-22-35(8)23-21-30-29(7)33(27(5)28(6)34(30)40-35)39-31(36)19-20-32(41(9)37)42(10)38/h14,16,18,32H,11-13,15,17,19-23H2,1-10H3/q+2/b25-16+,26-18+. The summed E-state index contributed by atoms with van der Waals surface area (Å²) in [4.78, 5) is 12.7. The van der Waals surface area contributed by atoms with Gasteiger partial charge in [-0.2, -0.15) is 0 Å². The lowest BCUT2D eigenvalue weighted by atomic mass is 9.85. The second kappa shape index (κ2) is 16.7. The molecule has 1 aliphatic heterocycles. The third-order valence-corrected chi connectivity index (χ3v) is 12.7. The van der Waals surface area contributed by atoms with Crippen LogP contribution in [0.3, 0.4) is 0 Å². The first-order valence-electron chi connectivity index (χ1n) is 15.4. The number of carbonyl (C=O) groups excluding carboxylic acids is 1. The fourth-order valence-electron chi connectivity index (χ4n) is 5.58. The zero-order valence-corrected chi connectivity index (χ0v) is 29.6. The van der Waals surface area contributed by atoms with Crippen LogP contribution in [0.1, 0.15) is 115 Å². The van der Waals surface area contributed by atoms with Crippen molar-refractivity contribution in [2.24, 2.45) is 0 Å². The minimum absolute atomic E-state index is 0.0944. The zero-order chi connectivity index (χ0) is 31.6. The minimum Gasteiger partial charge on any atom is -0.487 e. The normalized spacial score (nSPS) is 18.5. The third-order valence-electron chi connectivity index (χ3n) is 8.51. The van der Waals surface area contributed by atoms with E-state index >= 15 is 0 Å². The van der Waals surface area contributed by atoms with Crippen LogP contribution >= 0.6 is 15.6 Å². The topological polar surface area (TPSA) is 69.7 Å². The number of hydrogen-bond acceptors (Lipinski definition) is 5. The number of ether oxygens (including phenoxy) is 2. The minimum atomic E-state index is -1.61. The maximum atomic E-state index is 12.7. The highest BCUT2D eigenvalue weighted by atomic mass is 31.2. The van der Waals surface area contributed by atoms with E-state index < -0.39 is 21.0 Å². The van der Waals surface area contributed by atoms with E-state index in [0.717, 1.165) is 79.4 Å². The van der Waals surface area contributed by atoms with E-state index in [0.29, 0.717) is 12.2 Å². The number of esters is 1. The van der Waals surface area contributed by atoms with Gasteiger partial charge in [-0.3, -0.25) is 4.79 Å². The molecule has 0 N–H and O–H groups in total. The molecule has 2 rings (SSSR count). The van der Waals surface area contributed by atoms with Crippen molar-refractivity contribution < 1.29 is 23.4 Å². The Labute approximate surface area is 257 Å². The number of rotatable bonds is 15. The number of carbonyl (C=O) groups is 1. The van der Waals surface area contributed by atoms with Gasteiger partial charge in [0.2, 0.25) is 0 Å². The first-order valence-corrected chi connectivity index (χ1v) is 19.0. The van der Waals surface area contributed by atoms with Gasteiger partial charge in [0.1, 0.15) is 30.4 Å². The molecule has 0 spiro atoms. The van der Waals surface area contributed by atoms with Gasteiger partial charge in [-0.15, -0.1) is 0 Å². The van der Waals surface area contributed by atoms with E-state index in [2.05, 4.69) is 52.8 Å². The molecule has 0 bridgehead atoms. The van der Waals surface area contributed by atoms with Gasteiger partial charge in [0.15, 0.2) is 0 Å². The maximum Gasteiger partial charge on any atom is 0.389 e. The summed E-state index contributed by atoms with van der Waals surface area (Å²) in [6.07, 6.45) is 15.6. The van der Waals surface area contributed by atoms with Gasteiger partial charge in [-0.05, 0) is 123 Å². The smallest absolute Gasteiger partial charge is 0.389 e. The summed E-state index contributed by atoms with van der Waals surface area (Å²) < 4.78 is 36.4. The van der Waals surface area contributed by atoms with Gasteiger partial charge >= 0.3 is 27.0 Å². The molecule has 1 aromatic rings. The number of allylic oxidation sites excluding steroid dienone is 6. The van der Waals surface area contributed by atoms with Crippen molar-refractivity contribution >= 4 is 21.6 Å². The Morgan fingerprint density at radius 3 is 2.02 bits per heavy atom. The van der Waals surface area contributed by atoms with Gasteiger partial charge in [0.25, 0.3) is 0 Å². The molecule has 42 heavy (non-hydrogen) atoms. The molecule has 7 heteroatoms. The van der Waals surface area contributed by atoms with Crippen LogP contribution in [-0.2, 0) is 20.3 Å². The van der Waals surface area contributed by atoms with Crippen molar-refractivity contribution in [1.82, 2.24) is 0 Å². The van der Waals surface area contributed by atoms with Gasteiger partial charge in [0, 0.05) is 5.56 Å². The average molecular weight is 617 g/mol. The Morgan fingerprint density at radius 1 is 0.881 bits per heavy atom. The molecule has 1 aliphatic rings. The predicted molar refractivity (Wildman–Crippen MR) is 178 cm³/mol. The molecule has 0 aliphatic carbocycles. The molecule has 1 aromatic carbocycles. The molecule has 0 fully saturated rings. The van der Waals surface area contributed by atoms with Crippen LogP contribution < -0.4 is 9.47 Å². The largest absolute Gasteiger partial charge is 0.487 e. The van der Waals surface area contributed by atoms with Gasteiger partial charge in [-0.25, -0.2) is 0 Å². The monoisotopic (exact) mass is 616 g/mol. The van der Waals surface area contributed by atoms with E-state index in [1.54, 1.807) is 13.3 Å². The van der Waals surface area contributed by atoms with E-state index in [-0.39, 0.29) is 18.0 Å². The van der Waals surface area contributed by atoms with Crippen molar-refractivity contribution in [1.29, 1.82) is 0 Å². The summed E-state index contributed by atoms with van der Waals surface area (Å²) in [5.74, 6) is 1.15. The lowest BCUT2D eigenvalue weighted by Gasteiger charge is -2.38. The van der Waals surface area contributed by atoms with Crippen LogP contribution in [0.5, 0.6) is 11.5 Å². The van der Waals surface area contributed by atoms with Gasteiger partial charge < -0.3 is 9.47 Å². The lowest BCUT2D eigenvalue weighted by molar-refractivity contribution is -0.134. The molecule has 1 heterocycles. The Kier molecular flexibility index (Phi) is 14.3. The molecule has 0 saturated carbocycles. The second-order valence-electron chi connectivity index (χ2n) is 12.6. The summed E-state index contributed by atoms with van der Waals surface area (Å²) in [5, 5.41) is -0.455. The van der Waals surface area contributed by atoms with Crippen LogP contribution in [0, 0.1) is 20.8 Å². The van der Waals surface area contributed by atoms with Crippen LogP contribution in [-0.4, -0.2) is 30.3 Å². The summed E-state index contributed by atoms with van der Waals surface area (Å²) in [7, 11) is -3.22.